The highest BCUT2D eigenvalue weighted by Crippen LogP contribution is 2.17. The van der Waals surface area contributed by atoms with Crippen LogP contribution < -0.4 is 0 Å². The molecule has 1 atom stereocenters. The Morgan fingerprint density at radius 3 is 2.20 bits per heavy atom. The van der Waals surface area contributed by atoms with Crippen molar-refractivity contribution in [3.63, 3.8) is 0 Å². The predicted octanol–water partition coefficient (Wildman–Crippen LogP) is 2.16. The van der Waals surface area contributed by atoms with Gasteiger partial charge in [0.1, 0.15) is 0 Å². The minimum absolute atomic E-state index is 0.221. The number of hydrogen-bond acceptors (Lipinski definition) is 5. The number of hydrogen-bond donors (Lipinski definition) is 1. The van der Waals surface area contributed by atoms with Gasteiger partial charge in [0.05, 0.1) is 11.4 Å². The third-order valence-corrected chi connectivity index (χ3v) is 4.79. The van der Waals surface area contributed by atoms with E-state index in [4.69, 9.17) is 0 Å². The molecule has 1 saturated heterocycles. The molecule has 3 rings (SSSR count). The maximum Gasteiger partial charge on any atom is 0.0547 e. The lowest BCUT2D eigenvalue weighted by Crippen LogP contribution is -2.52. The Labute approximate surface area is 150 Å². The van der Waals surface area contributed by atoms with E-state index in [0.717, 1.165) is 61.9 Å². The van der Waals surface area contributed by atoms with Gasteiger partial charge in [-0.1, -0.05) is 12.1 Å². The van der Waals surface area contributed by atoms with Crippen molar-refractivity contribution in [1.29, 1.82) is 0 Å². The van der Waals surface area contributed by atoms with Crippen LogP contribution >= 0.6 is 0 Å². The zero-order valence-corrected chi connectivity index (χ0v) is 15.2. The molecule has 0 spiro atoms. The van der Waals surface area contributed by atoms with Crippen LogP contribution in [0.3, 0.4) is 0 Å². The fraction of sp³-hybridized carbons (Fsp3) is 0.500. The van der Waals surface area contributed by atoms with Crippen LogP contribution in [0.5, 0.6) is 0 Å². The maximum absolute atomic E-state index is 9.49. The van der Waals surface area contributed by atoms with E-state index < -0.39 is 0 Å². The SMILES string of the molecule is Cc1cccc(CN2CCN(Cc3cccc(C)n3)[C@H](CCO)C2)n1. The average molecular weight is 340 g/mol. The highest BCUT2D eigenvalue weighted by atomic mass is 16.3. The number of aliphatic hydroxyl groups excluding tert-OH is 1. The van der Waals surface area contributed by atoms with Gasteiger partial charge in [-0.15, -0.1) is 0 Å². The van der Waals surface area contributed by atoms with Gasteiger partial charge in [-0.3, -0.25) is 19.8 Å². The molecule has 0 aliphatic carbocycles. The molecule has 25 heavy (non-hydrogen) atoms. The van der Waals surface area contributed by atoms with E-state index in [1.54, 1.807) is 0 Å². The predicted molar refractivity (Wildman–Crippen MR) is 99.1 cm³/mol. The zero-order chi connectivity index (χ0) is 17.6. The van der Waals surface area contributed by atoms with Gasteiger partial charge in [0.15, 0.2) is 0 Å². The summed E-state index contributed by atoms with van der Waals surface area (Å²) < 4.78 is 0. The van der Waals surface area contributed by atoms with E-state index in [-0.39, 0.29) is 6.61 Å². The average Bonchev–Trinajstić information content (AvgIpc) is 2.58. The van der Waals surface area contributed by atoms with Gasteiger partial charge < -0.3 is 5.11 Å². The Morgan fingerprint density at radius 2 is 1.60 bits per heavy atom. The Morgan fingerprint density at radius 1 is 0.960 bits per heavy atom. The third kappa shape index (κ3) is 5.08. The van der Waals surface area contributed by atoms with Gasteiger partial charge in [0.2, 0.25) is 0 Å². The molecule has 0 saturated carbocycles. The molecule has 0 bridgehead atoms. The summed E-state index contributed by atoms with van der Waals surface area (Å²) in [7, 11) is 0. The highest BCUT2D eigenvalue weighted by molar-refractivity contribution is 5.11. The smallest absolute Gasteiger partial charge is 0.0547 e. The van der Waals surface area contributed by atoms with Crippen LogP contribution in [0, 0.1) is 13.8 Å². The Hall–Kier alpha value is -1.82. The van der Waals surface area contributed by atoms with Gasteiger partial charge in [0.25, 0.3) is 0 Å². The molecule has 0 radical (unpaired) electrons. The van der Waals surface area contributed by atoms with Crippen LogP contribution in [0.15, 0.2) is 36.4 Å². The van der Waals surface area contributed by atoms with Crippen LogP contribution in [0.25, 0.3) is 0 Å². The summed E-state index contributed by atoms with van der Waals surface area (Å²) in [6.07, 6.45) is 0.795. The molecule has 0 unspecified atom stereocenters. The minimum Gasteiger partial charge on any atom is -0.396 e. The van der Waals surface area contributed by atoms with Crippen molar-refractivity contribution in [2.24, 2.45) is 0 Å². The second-order valence-corrected chi connectivity index (χ2v) is 6.91. The summed E-state index contributed by atoms with van der Waals surface area (Å²) in [5.74, 6) is 0. The van der Waals surface area contributed by atoms with E-state index in [0.29, 0.717) is 6.04 Å². The topological polar surface area (TPSA) is 52.5 Å². The van der Waals surface area contributed by atoms with Crippen molar-refractivity contribution >= 4 is 0 Å². The number of pyridine rings is 2. The Bertz CT molecular complexity index is 691. The van der Waals surface area contributed by atoms with Gasteiger partial charge in [-0.05, 0) is 44.5 Å². The summed E-state index contributed by atoms with van der Waals surface area (Å²) >= 11 is 0. The molecule has 1 N–H and O–H groups in total. The molecule has 134 valence electrons. The first kappa shape index (κ1) is 18.0. The fourth-order valence-electron chi connectivity index (χ4n) is 3.54. The number of piperazine rings is 1. The first-order valence-corrected chi connectivity index (χ1v) is 9.06. The zero-order valence-electron chi connectivity index (χ0n) is 15.2. The largest absolute Gasteiger partial charge is 0.396 e. The maximum atomic E-state index is 9.49. The lowest BCUT2D eigenvalue weighted by Gasteiger charge is -2.41. The summed E-state index contributed by atoms with van der Waals surface area (Å²) in [6.45, 7) is 8.98. The van der Waals surface area contributed by atoms with Gasteiger partial charge in [-0.2, -0.15) is 0 Å². The van der Waals surface area contributed by atoms with E-state index in [2.05, 4.69) is 44.0 Å². The highest BCUT2D eigenvalue weighted by Gasteiger charge is 2.27. The number of aryl methyl sites for hydroxylation is 2. The molecule has 2 aromatic rings. The van der Waals surface area contributed by atoms with Crippen LogP contribution in [-0.2, 0) is 13.1 Å². The molecule has 3 heterocycles. The Balaban J connectivity index is 1.63. The normalized spacial score (nSPS) is 19.2. The monoisotopic (exact) mass is 340 g/mol. The van der Waals surface area contributed by atoms with Crippen molar-refractivity contribution in [2.45, 2.75) is 39.4 Å². The van der Waals surface area contributed by atoms with E-state index >= 15 is 0 Å². The summed E-state index contributed by atoms with van der Waals surface area (Å²) in [4.78, 5) is 14.2. The Kier molecular flexibility index (Phi) is 6.13. The molecule has 5 nitrogen and oxygen atoms in total. The molecular weight excluding hydrogens is 312 g/mol. The standard InChI is InChI=1S/C20H28N4O/c1-16-5-3-7-18(21-16)13-23-10-11-24(20(15-23)9-12-25)14-19-8-4-6-17(2)22-19/h3-8,20,25H,9-15H2,1-2H3/t20-/m1/s1. The lowest BCUT2D eigenvalue weighted by molar-refractivity contribution is 0.0485. The third-order valence-electron chi connectivity index (χ3n) is 4.79. The molecule has 2 aromatic heterocycles. The first-order valence-electron chi connectivity index (χ1n) is 9.06. The summed E-state index contributed by atoms with van der Waals surface area (Å²) in [5.41, 5.74) is 4.35. The van der Waals surface area contributed by atoms with Crippen LogP contribution in [0.1, 0.15) is 29.2 Å². The van der Waals surface area contributed by atoms with Crippen molar-refractivity contribution in [2.75, 3.05) is 26.2 Å². The van der Waals surface area contributed by atoms with E-state index in [1.165, 1.54) is 0 Å². The van der Waals surface area contributed by atoms with Crippen molar-refractivity contribution in [1.82, 2.24) is 19.8 Å². The van der Waals surface area contributed by atoms with Gasteiger partial charge in [0, 0.05) is 56.8 Å². The second-order valence-electron chi connectivity index (χ2n) is 6.91. The lowest BCUT2D eigenvalue weighted by atomic mass is 10.1. The molecule has 1 aliphatic rings. The number of nitrogens with zero attached hydrogens (tertiary/aromatic N) is 4. The quantitative estimate of drug-likeness (QED) is 0.873. The number of rotatable bonds is 6. The molecule has 0 aromatic carbocycles. The van der Waals surface area contributed by atoms with Crippen molar-refractivity contribution in [3.05, 3.63) is 59.2 Å². The minimum atomic E-state index is 0.221. The second kappa shape index (κ2) is 8.52. The summed E-state index contributed by atoms with van der Waals surface area (Å²) in [5, 5.41) is 9.49. The van der Waals surface area contributed by atoms with Crippen molar-refractivity contribution in [3.8, 4) is 0 Å². The number of aliphatic hydroxyl groups is 1. The first-order chi connectivity index (χ1) is 12.1. The summed E-state index contributed by atoms with van der Waals surface area (Å²) in [6, 6.07) is 12.7. The molecular formula is C20H28N4O. The van der Waals surface area contributed by atoms with Crippen LogP contribution in [0.2, 0.25) is 0 Å². The fourth-order valence-corrected chi connectivity index (χ4v) is 3.54. The molecule has 1 fully saturated rings. The van der Waals surface area contributed by atoms with Crippen LogP contribution in [-0.4, -0.2) is 57.2 Å². The molecule has 5 heteroatoms. The van der Waals surface area contributed by atoms with Gasteiger partial charge in [-0.25, -0.2) is 0 Å². The van der Waals surface area contributed by atoms with E-state index in [9.17, 15) is 5.11 Å². The number of aromatic nitrogens is 2. The van der Waals surface area contributed by atoms with E-state index in [1.807, 2.05) is 26.0 Å². The van der Waals surface area contributed by atoms with Crippen molar-refractivity contribution < 1.29 is 5.11 Å². The molecule has 0 amide bonds. The molecule has 1 aliphatic heterocycles. The van der Waals surface area contributed by atoms with Crippen LogP contribution in [0.4, 0.5) is 0 Å². The van der Waals surface area contributed by atoms with Gasteiger partial charge >= 0.3 is 0 Å².